The van der Waals surface area contributed by atoms with Crippen LogP contribution in [0.3, 0.4) is 0 Å². The second-order valence-electron chi connectivity index (χ2n) is 4.65. The molecular formula is C14H13BrN4OS2. The summed E-state index contributed by atoms with van der Waals surface area (Å²) in [6.07, 6.45) is 1.51. The van der Waals surface area contributed by atoms with E-state index in [1.165, 1.54) is 33.0 Å². The Hall–Kier alpha value is -1.38. The van der Waals surface area contributed by atoms with Crippen molar-refractivity contribution in [2.45, 2.75) is 17.1 Å². The monoisotopic (exact) mass is 396 g/mol. The maximum Gasteiger partial charge on any atom is 0.275 e. The van der Waals surface area contributed by atoms with Crippen molar-refractivity contribution in [1.82, 2.24) is 14.6 Å². The smallest absolute Gasteiger partial charge is 0.275 e. The highest BCUT2D eigenvalue weighted by molar-refractivity contribution is 9.10. The molecule has 114 valence electrons. The van der Waals surface area contributed by atoms with Crippen molar-refractivity contribution >= 4 is 49.1 Å². The van der Waals surface area contributed by atoms with Crippen LogP contribution >= 0.6 is 39.0 Å². The predicted octanol–water partition coefficient (Wildman–Crippen LogP) is 3.51. The lowest BCUT2D eigenvalue weighted by molar-refractivity contribution is 0.890. The second-order valence-corrected chi connectivity index (χ2v) is 8.03. The highest BCUT2D eigenvalue weighted by Crippen LogP contribution is 2.25. The highest BCUT2D eigenvalue weighted by atomic mass is 79.9. The molecule has 0 spiro atoms. The first-order chi connectivity index (χ1) is 10.6. The zero-order valence-corrected chi connectivity index (χ0v) is 14.9. The number of benzene rings is 1. The van der Waals surface area contributed by atoms with E-state index in [2.05, 4.69) is 50.4 Å². The quantitative estimate of drug-likeness (QED) is 0.668. The fourth-order valence-corrected chi connectivity index (χ4v) is 3.80. The molecule has 0 aliphatic rings. The minimum Gasteiger partial charge on any atom is -0.359 e. The number of nitrogens with zero attached hydrogens (tertiary/aromatic N) is 3. The molecule has 5 nitrogen and oxygen atoms in total. The van der Waals surface area contributed by atoms with Gasteiger partial charge < -0.3 is 5.32 Å². The number of nitrogens with one attached hydrogen (secondary N) is 1. The normalized spacial score (nSPS) is 12.5. The molecule has 2 heterocycles. The van der Waals surface area contributed by atoms with Gasteiger partial charge in [-0.25, -0.2) is 4.98 Å². The van der Waals surface area contributed by atoms with E-state index in [4.69, 9.17) is 0 Å². The zero-order chi connectivity index (χ0) is 15.5. The van der Waals surface area contributed by atoms with Crippen molar-refractivity contribution in [2.75, 3.05) is 11.9 Å². The molecule has 22 heavy (non-hydrogen) atoms. The molecule has 1 atom stereocenters. The summed E-state index contributed by atoms with van der Waals surface area (Å²) in [5.41, 5.74) is -0.161. The average molecular weight is 397 g/mol. The first-order valence-corrected chi connectivity index (χ1v) is 9.12. The molecule has 0 saturated heterocycles. The van der Waals surface area contributed by atoms with Gasteiger partial charge in [0, 0.05) is 33.4 Å². The summed E-state index contributed by atoms with van der Waals surface area (Å²) < 4.78 is 2.40. The predicted molar refractivity (Wildman–Crippen MR) is 95.1 cm³/mol. The number of halogens is 1. The first kappa shape index (κ1) is 15.5. The maximum atomic E-state index is 11.6. The van der Waals surface area contributed by atoms with E-state index in [1.54, 1.807) is 11.8 Å². The van der Waals surface area contributed by atoms with Gasteiger partial charge in [0.05, 0.1) is 0 Å². The van der Waals surface area contributed by atoms with Crippen molar-refractivity contribution in [1.29, 1.82) is 0 Å². The molecule has 0 fully saturated rings. The van der Waals surface area contributed by atoms with E-state index in [9.17, 15) is 4.79 Å². The SMILES string of the molecule is CC(CNc1nn2c(=O)ccnc2s1)Sc1ccc(Br)cc1. The number of fused-ring (bicyclic) bond motifs is 1. The summed E-state index contributed by atoms with van der Waals surface area (Å²) in [5, 5.41) is 8.59. The van der Waals surface area contributed by atoms with Crippen LogP contribution in [0.2, 0.25) is 0 Å². The molecule has 0 saturated carbocycles. The topological polar surface area (TPSA) is 59.3 Å². The number of thioether (sulfide) groups is 1. The van der Waals surface area contributed by atoms with Crippen LogP contribution in [-0.2, 0) is 0 Å². The largest absolute Gasteiger partial charge is 0.359 e. The summed E-state index contributed by atoms with van der Waals surface area (Å²) in [4.78, 5) is 17.6. The fraction of sp³-hybridized carbons (Fsp3) is 0.214. The van der Waals surface area contributed by atoms with E-state index in [0.717, 1.165) is 11.0 Å². The Morgan fingerprint density at radius 2 is 2.14 bits per heavy atom. The van der Waals surface area contributed by atoms with E-state index >= 15 is 0 Å². The summed E-state index contributed by atoms with van der Waals surface area (Å²) in [6, 6.07) is 9.66. The van der Waals surface area contributed by atoms with Crippen molar-refractivity contribution in [3.05, 3.63) is 51.4 Å². The number of hydrogen-bond acceptors (Lipinski definition) is 6. The molecule has 3 rings (SSSR count). The van der Waals surface area contributed by atoms with Gasteiger partial charge in [0.15, 0.2) is 0 Å². The van der Waals surface area contributed by atoms with Crippen molar-refractivity contribution in [3.8, 4) is 0 Å². The van der Waals surface area contributed by atoms with Crippen LogP contribution in [0.15, 0.2) is 50.7 Å². The van der Waals surface area contributed by atoms with Crippen LogP contribution in [0.4, 0.5) is 5.13 Å². The van der Waals surface area contributed by atoms with Crippen LogP contribution < -0.4 is 10.9 Å². The Morgan fingerprint density at radius 1 is 1.36 bits per heavy atom. The summed E-state index contributed by atoms with van der Waals surface area (Å²) in [6.45, 7) is 2.91. The lowest BCUT2D eigenvalue weighted by Gasteiger charge is -2.11. The van der Waals surface area contributed by atoms with Gasteiger partial charge in [0.1, 0.15) is 0 Å². The van der Waals surface area contributed by atoms with Gasteiger partial charge in [-0.2, -0.15) is 4.52 Å². The van der Waals surface area contributed by atoms with Gasteiger partial charge >= 0.3 is 0 Å². The lowest BCUT2D eigenvalue weighted by atomic mass is 10.4. The third-order valence-corrected chi connectivity index (χ3v) is 5.38. The average Bonchev–Trinajstić information content (AvgIpc) is 2.92. The van der Waals surface area contributed by atoms with Crippen LogP contribution in [-0.4, -0.2) is 26.4 Å². The van der Waals surface area contributed by atoms with Gasteiger partial charge in [0.25, 0.3) is 5.56 Å². The summed E-state index contributed by atoms with van der Waals surface area (Å²) in [7, 11) is 0. The third kappa shape index (κ3) is 3.68. The first-order valence-electron chi connectivity index (χ1n) is 6.63. The van der Waals surface area contributed by atoms with Crippen LogP contribution in [0.25, 0.3) is 4.96 Å². The highest BCUT2D eigenvalue weighted by Gasteiger charge is 2.08. The van der Waals surface area contributed by atoms with Crippen molar-refractivity contribution in [3.63, 3.8) is 0 Å². The lowest BCUT2D eigenvalue weighted by Crippen LogP contribution is -2.15. The summed E-state index contributed by atoms with van der Waals surface area (Å²) in [5.74, 6) is 0. The minimum atomic E-state index is -0.161. The molecule has 0 aliphatic carbocycles. The number of rotatable bonds is 5. The maximum absolute atomic E-state index is 11.6. The van der Waals surface area contributed by atoms with Gasteiger partial charge in [-0.05, 0) is 24.3 Å². The van der Waals surface area contributed by atoms with Crippen LogP contribution in [0.5, 0.6) is 0 Å². The molecule has 0 bridgehead atoms. The number of anilines is 1. The molecule has 1 N–H and O–H groups in total. The molecule has 0 amide bonds. The third-order valence-electron chi connectivity index (χ3n) is 2.86. The Bertz CT molecular complexity index is 831. The molecule has 3 aromatic rings. The van der Waals surface area contributed by atoms with Crippen LogP contribution in [0.1, 0.15) is 6.92 Å². The number of hydrogen-bond donors (Lipinski definition) is 1. The Kier molecular flexibility index (Phi) is 4.80. The molecule has 0 aliphatic heterocycles. The van der Waals surface area contributed by atoms with Gasteiger partial charge in [0.2, 0.25) is 10.1 Å². The van der Waals surface area contributed by atoms with E-state index in [-0.39, 0.29) is 5.56 Å². The standard InChI is InChI=1S/C14H13BrN4OS2/c1-9(21-11-4-2-10(15)3-5-11)8-17-13-18-19-12(20)6-7-16-14(19)22-13/h2-7,9H,8H2,1H3,(H,17,18). The Labute approximate surface area is 143 Å². The van der Waals surface area contributed by atoms with Gasteiger partial charge in [-0.1, -0.05) is 34.2 Å². The molecule has 2 aromatic heterocycles. The van der Waals surface area contributed by atoms with E-state index in [0.29, 0.717) is 15.3 Å². The fourth-order valence-electron chi connectivity index (χ4n) is 1.83. The van der Waals surface area contributed by atoms with Crippen molar-refractivity contribution in [2.24, 2.45) is 0 Å². The molecule has 8 heteroatoms. The second kappa shape index (κ2) is 6.80. The minimum absolute atomic E-state index is 0.161. The van der Waals surface area contributed by atoms with Gasteiger partial charge in [-0.15, -0.1) is 16.9 Å². The van der Waals surface area contributed by atoms with Gasteiger partial charge in [-0.3, -0.25) is 4.79 Å². The number of aromatic nitrogens is 3. The van der Waals surface area contributed by atoms with Crippen molar-refractivity contribution < 1.29 is 0 Å². The van der Waals surface area contributed by atoms with Crippen LogP contribution in [0, 0.1) is 0 Å². The van der Waals surface area contributed by atoms with E-state index < -0.39 is 0 Å². The molecular weight excluding hydrogens is 384 g/mol. The van der Waals surface area contributed by atoms with E-state index in [1.807, 2.05) is 12.1 Å². The molecule has 0 radical (unpaired) electrons. The molecule has 1 unspecified atom stereocenters. The zero-order valence-electron chi connectivity index (χ0n) is 11.7. The Morgan fingerprint density at radius 3 is 2.86 bits per heavy atom. The summed E-state index contributed by atoms with van der Waals surface area (Å²) >= 11 is 6.60. The Balaban J connectivity index is 1.62. The molecule has 1 aromatic carbocycles.